The number of carbonyl (C=O) groups is 2. The fourth-order valence-electron chi connectivity index (χ4n) is 4.25. The Morgan fingerprint density at radius 2 is 1.79 bits per heavy atom. The van der Waals surface area contributed by atoms with Crippen molar-refractivity contribution < 1.29 is 9.59 Å². The van der Waals surface area contributed by atoms with Gasteiger partial charge in [-0.05, 0) is 49.6 Å². The van der Waals surface area contributed by atoms with Crippen molar-refractivity contribution >= 4 is 17.5 Å². The molecular weight excluding hydrogens is 362 g/mol. The van der Waals surface area contributed by atoms with E-state index >= 15 is 0 Å². The summed E-state index contributed by atoms with van der Waals surface area (Å²) in [7, 11) is 0. The van der Waals surface area contributed by atoms with E-state index in [0.717, 1.165) is 23.2 Å². The lowest BCUT2D eigenvalue weighted by atomic mass is 9.91. The van der Waals surface area contributed by atoms with E-state index in [-0.39, 0.29) is 11.8 Å². The van der Waals surface area contributed by atoms with Crippen LogP contribution in [0.4, 0.5) is 5.69 Å². The van der Waals surface area contributed by atoms with Gasteiger partial charge in [0.25, 0.3) is 11.8 Å². The maximum Gasteiger partial charge on any atom is 0.255 e. The number of rotatable bonds is 4. The highest BCUT2D eigenvalue weighted by atomic mass is 16.2. The monoisotopic (exact) mass is 391 g/mol. The number of benzene rings is 2. The van der Waals surface area contributed by atoms with Gasteiger partial charge < -0.3 is 15.5 Å². The standard InChI is InChI=1S/C24H29N3O2/c1-3-4-5-18-7-9-19(10-8-18)23(29)27-14-12-24(13-15-27)25-21-11-6-17(2)16-20(21)22(28)26-24/h6-11,16,25H,3-5,12-15H2,1-2H3,(H,26,28). The molecule has 0 saturated carbocycles. The Hall–Kier alpha value is -2.82. The average molecular weight is 392 g/mol. The largest absolute Gasteiger partial charge is 0.362 e. The minimum absolute atomic E-state index is 0.0371. The SMILES string of the molecule is CCCCc1ccc(C(=O)N2CCC3(CC2)NC(=O)c2cc(C)ccc2N3)cc1. The number of anilines is 1. The molecule has 1 spiro atoms. The van der Waals surface area contributed by atoms with Gasteiger partial charge >= 0.3 is 0 Å². The summed E-state index contributed by atoms with van der Waals surface area (Å²) in [5, 5.41) is 6.68. The van der Waals surface area contributed by atoms with Crippen molar-refractivity contribution in [1.29, 1.82) is 0 Å². The van der Waals surface area contributed by atoms with Crippen LogP contribution in [-0.2, 0) is 6.42 Å². The third-order valence-electron chi connectivity index (χ3n) is 6.07. The number of hydrogen-bond donors (Lipinski definition) is 2. The summed E-state index contributed by atoms with van der Waals surface area (Å²) in [6, 6.07) is 13.9. The molecule has 0 radical (unpaired) electrons. The van der Waals surface area contributed by atoms with E-state index in [1.165, 1.54) is 18.4 Å². The summed E-state index contributed by atoms with van der Waals surface area (Å²) in [5.41, 5.74) is 4.18. The Balaban J connectivity index is 1.41. The Labute approximate surface area is 172 Å². The fourth-order valence-corrected chi connectivity index (χ4v) is 4.25. The van der Waals surface area contributed by atoms with Crippen LogP contribution in [0.5, 0.6) is 0 Å². The summed E-state index contributed by atoms with van der Waals surface area (Å²) in [6.07, 6.45) is 4.77. The Kier molecular flexibility index (Phi) is 5.31. The topological polar surface area (TPSA) is 61.4 Å². The van der Waals surface area contributed by atoms with Crippen LogP contribution in [0.1, 0.15) is 64.4 Å². The van der Waals surface area contributed by atoms with E-state index in [1.807, 2.05) is 42.2 Å². The highest BCUT2D eigenvalue weighted by Crippen LogP contribution is 2.32. The minimum atomic E-state index is -0.472. The smallest absolute Gasteiger partial charge is 0.255 e. The fraction of sp³-hybridized carbons (Fsp3) is 0.417. The first-order valence-electron chi connectivity index (χ1n) is 10.6. The summed E-state index contributed by atoms with van der Waals surface area (Å²) < 4.78 is 0. The van der Waals surface area contributed by atoms with E-state index < -0.39 is 5.66 Å². The Bertz CT molecular complexity index is 912. The van der Waals surface area contributed by atoms with Crippen LogP contribution in [0.3, 0.4) is 0 Å². The van der Waals surface area contributed by atoms with E-state index in [2.05, 4.69) is 29.7 Å². The highest BCUT2D eigenvalue weighted by Gasteiger charge is 2.41. The lowest BCUT2D eigenvalue weighted by Gasteiger charge is -2.46. The van der Waals surface area contributed by atoms with Gasteiger partial charge in [0, 0.05) is 37.2 Å². The summed E-state index contributed by atoms with van der Waals surface area (Å²) in [4.78, 5) is 27.4. The summed E-state index contributed by atoms with van der Waals surface area (Å²) in [6.45, 7) is 5.40. The van der Waals surface area contributed by atoms with Crippen LogP contribution in [0.25, 0.3) is 0 Å². The maximum atomic E-state index is 12.9. The van der Waals surface area contributed by atoms with Gasteiger partial charge in [-0.25, -0.2) is 0 Å². The second-order valence-corrected chi connectivity index (χ2v) is 8.30. The molecule has 5 heteroatoms. The van der Waals surface area contributed by atoms with Crippen molar-refractivity contribution in [2.24, 2.45) is 0 Å². The Morgan fingerprint density at radius 3 is 2.48 bits per heavy atom. The third kappa shape index (κ3) is 4.00. The molecule has 29 heavy (non-hydrogen) atoms. The molecule has 2 heterocycles. The molecule has 0 atom stereocenters. The number of hydrogen-bond acceptors (Lipinski definition) is 3. The van der Waals surface area contributed by atoms with Crippen LogP contribution in [0, 0.1) is 6.92 Å². The molecule has 5 nitrogen and oxygen atoms in total. The molecule has 1 fully saturated rings. The number of likely N-dealkylation sites (tertiary alicyclic amines) is 1. The molecule has 152 valence electrons. The van der Waals surface area contributed by atoms with Crippen LogP contribution in [-0.4, -0.2) is 35.5 Å². The normalized spacial score (nSPS) is 17.4. The number of nitrogens with zero attached hydrogens (tertiary/aromatic N) is 1. The molecule has 0 aliphatic carbocycles. The molecule has 2 aliphatic rings. The van der Waals surface area contributed by atoms with Crippen molar-refractivity contribution in [1.82, 2.24) is 10.2 Å². The zero-order valence-corrected chi connectivity index (χ0v) is 17.3. The van der Waals surface area contributed by atoms with Crippen molar-refractivity contribution in [2.45, 2.75) is 51.6 Å². The number of aryl methyl sites for hydroxylation is 2. The van der Waals surface area contributed by atoms with Gasteiger partial charge in [0.2, 0.25) is 0 Å². The number of unbranched alkanes of at least 4 members (excludes halogenated alkanes) is 1. The van der Waals surface area contributed by atoms with Crippen LogP contribution in [0.2, 0.25) is 0 Å². The predicted octanol–water partition coefficient (Wildman–Crippen LogP) is 4.13. The molecule has 0 aromatic heterocycles. The maximum absolute atomic E-state index is 12.9. The lowest BCUT2D eigenvalue weighted by molar-refractivity contribution is 0.0639. The molecule has 2 amide bonds. The molecule has 2 aromatic rings. The van der Waals surface area contributed by atoms with Crippen molar-refractivity contribution in [3.05, 3.63) is 64.7 Å². The second kappa shape index (κ2) is 7.90. The summed E-state index contributed by atoms with van der Waals surface area (Å²) >= 11 is 0. The van der Waals surface area contributed by atoms with E-state index in [0.29, 0.717) is 31.5 Å². The molecule has 1 saturated heterocycles. The minimum Gasteiger partial charge on any atom is -0.362 e. The first-order valence-corrected chi connectivity index (χ1v) is 10.6. The van der Waals surface area contributed by atoms with Gasteiger partial charge in [0.15, 0.2) is 0 Å². The number of piperidine rings is 1. The number of nitrogens with one attached hydrogen (secondary N) is 2. The number of fused-ring (bicyclic) bond motifs is 1. The quantitative estimate of drug-likeness (QED) is 0.824. The van der Waals surface area contributed by atoms with Gasteiger partial charge in [0.1, 0.15) is 5.66 Å². The molecule has 0 unspecified atom stereocenters. The zero-order chi connectivity index (χ0) is 20.4. The van der Waals surface area contributed by atoms with Gasteiger partial charge in [-0.2, -0.15) is 0 Å². The van der Waals surface area contributed by atoms with Crippen molar-refractivity contribution in [3.8, 4) is 0 Å². The number of carbonyl (C=O) groups excluding carboxylic acids is 2. The molecule has 0 bridgehead atoms. The first kappa shape index (κ1) is 19.5. The molecular formula is C24H29N3O2. The van der Waals surface area contributed by atoms with Gasteiger partial charge in [0.05, 0.1) is 5.56 Å². The average Bonchev–Trinajstić information content (AvgIpc) is 2.73. The van der Waals surface area contributed by atoms with Gasteiger partial charge in [-0.3, -0.25) is 9.59 Å². The van der Waals surface area contributed by atoms with Gasteiger partial charge in [-0.15, -0.1) is 0 Å². The highest BCUT2D eigenvalue weighted by molar-refractivity contribution is 6.02. The van der Waals surface area contributed by atoms with E-state index in [4.69, 9.17) is 0 Å². The number of amides is 2. The van der Waals surface area contributed by atoms with E-state index in [9.17, 15) is 9.59 Å². The molecule has 2 aliphatic heterocycles. The van der Waals surface area contributed by atoms with Crippen LogP contribution >= 0.6 is 0 Å². The lowest BCUT2D eigenvalue weighted by Crippen LogP contribution is -2.62. The van der Waals surface area contributed by atoms with Crippen LogP contribution < -0.4 is 10.6 Å². The zero-order valence-electron chi connectivity index (χ0n) is 17.3. The second-order valence-electron chi connectivity index (χ2n) is 8.30. The first-order chi connectivity index (χ1) is 14.0. The molecule has 4 rings (SSSR count). The van der Waals surface area contributed by atoms with Crippen molar-refractivity contribution in [2.75, 3.05) is 18.4 Å². The summed E-state index contributed by atoms with van der Waals surface area (Å²) in [5.74, 6) is 0.0324. The third-order valence-corrected chi connectivity index (χ3v) is 6.07. The molecule has 2 N–H and O–H groups in total. The molecule has 2 aromatic carbocycles. The predicted molar refractivity (Wildman–Crippen MR) is 115 cm³/mol. The Morgan fingerprint density at radius 1 is 1.07 bits per heavy atom. The van der Waals surface area contributed by atoms with Crippen LogP contribution in [0.15, 0.2) is 42.5 Å². The van der Waals surface area contributed by atoms with E-state index in [1.54, 1.807) is 0 Å². The van der Waals surface area contributed by atoms with Crippen molar-refractivity contribution in [3.63, 3.8) is 0 Å². The van der Waals surface area contributed by atoms with Gasteiger partial charge in [-0.1, -0.05) is 37.1 Å².